The lowest BCUT2D eigenvalue weighted by atomic mass is 9.99. The lowest BCUT2D eigenvalue weighted by Crippen LogP contribution is -2.18. The fraction of sp³-hybridized carbons (Fsp3) is 0.833. The van der Waals surface area contributed by atoms with Gasteiger partial charge in [-0.2, -0.15) is 0 Å². The van der Waals surface area contributed by atoms with Gasteiger partial charge in [0.15, 0.2) is 0 Å². The van der Waals surface area contributed by atoms with Gasteiger partial charge < -0.3 is 9.47 Å². The Morgan fingerprint density at radius 3 is 1.94 bits per heavy atom. The summed E-state index contributed by atoms with van der Waals surface area (Å²) in [6.07, 6.45) is 1.04. The van der Waals surface area contributed by atoms with Crippen molar-refractivity contribution in [1.29, 1.82) is 0 Å². The Hall–Kier alpha value is -1.06. The van der Waals surface area contributed by atoms with Crippen LogP contribution < -0.4 is 0 Å². The van der Waals surface area contributed by atoms with Gasteiger partial charge >= 0.3 is 11.9 Å². The fourth-order valence-electron chi connectivity index (χ4n) is 0.979. The molecule has 0 saturated carbocycles. The van der Waals surface area contributed by atoms with Gasteiger partial charge in [0, 0.05) is 12.8 Å². The lowest BCUT2D eigenvalue weighted by Gasteiger charge is -2.17. The zero-order valence-corrected chi connectivity index (χ0v) is 10.7. The van der Waals surface area contributed by atoms with Crippen LogP contribution in [0, 0.1) is 5.41 Å². The second-order valence-corrected chi connectivity index (χ2v) is 4.88. The van der Waals surface area contributed by atoms with E-state index in [4.69, 9.17) is 9.47 Å². The number of hydrogen-bond acceptors (Lipinski definition) is 4. The van der Waals surface area contributed by atoms with E-state index in [1.54, 1.807) is 6.92 Å². The van der Waals surface area contributed by atoms with Crippen LogP contribution in [0.1, 0.15) is 47.0 Å². The Bertz CT molecular complexity index is 228. The summed E-state index contributed by atoms with van der Waals surface area (Å²) in [5, 5.41) is 0. The Morgan fingerprint density at radius 1 is 1.00 bits per heavy atom. The van der Waals surface area contributed by atoms with E-state index < -0.39 is 0 Å². The Morgan fingerprint density at radius 2 is 1.50 bits per heavy atom. The van der Waals surface area contributed by atoms with Gasteiger partial charge in [0.2, 0.25) is 0 Å². The second-order valence-electron chi connectivity index (χ2n) is 4.88. The Kier molecular flexibility index (Phi) is 6.77. The van der Waals surface area contributed by atoms with Crippen molar-refractivity contribution < 1.29 is 19.1 Å². The van der Waals surface area contributed by atoms with Gasteiger partial charge in [-0.05, 0) is 18.8 Å². The van der Waals surface area contributed by atoms with Gasteiger partial charge in [0.05, 0.1) is 13.2 Å². The van der Waals surface area contributed by atoms with Crippen LogP contribution in [-0.4, -0.2) is 25.2 Å². The van der Waals surface area contributed by atoms with Gasteiger partial charge in [-0.25, -0.2) is 0 Å². The van der Waals surface area contributed by atoms with E-state index in [2.05, 4.69) is 0 Å². The average Bonchev–Trinajstić information content (AvgIpc) is 2.14. The maximum atomic E-state index is 11.3. The molecule has 4 nitrogen and oxygen atoms in total. The normalized spacial score (nSPS) is 11.0. The van der Waals surface area contributed by atoms with Crippen molar-refractivity contribution in [3.63, 3.8) is 0 Å². The first kappa shape index (κ1) is 14.9. The van der Waals surface area contributed by atoms with Gasteiger partial charge in [0.25, 0.3) is 0 Å². The van der Waals surface area contributed by atoms with Crippen LogP contribution in [0.3, 0.4) is 0 Å². The first-order chi connectivity index (χ1) is 7.35. The number of hydrogen-bond donors (Lipinski definition) is 0. The highest BCUT2D eigenvalue weighted by Crippen LogP contribution is 2.13. The van der Waals surface area contributed by atoms with Gasteiger partial charge in [-0.3, -0.25) is 9.59 Å². The second kappa shape index (κ2) is 7.25. The predicted octanol–water partition coefficient (Wildman–Crippen LogP) is 2.31. The summed E-state index contributed by atoms with van der Waals surface area (Å²) in [6, 6.07) is 0. The molecule has 0 aliphatic carbocycles. The largest absolute Gasteiger partial charge is 0.466 e. The molecule has 0 aromatic heterocycles. The van der Waals surface area contributed by atoms with Gasteiger partial charge in [-0.15, -0.1) is 0 Å². The summed E-state index contributed by atoms with van der Waals surface area (Å²) >= 11 is 0. The van der Waals surface area contributed by atoms with E-state index in [9.17, 15) is 9.59 Å². The third-order valence-electron chi connectivity index (χ3n) is 1.73. The fourth-order valence-corrected chi connectivity index (χ4v) is 0.979. The molecule has 0 fully saturated rings. The van der Waals surface area contributed by atoms with Crippen molar-refractivity contribution in [1.82, 2.24) is 0 Å². The van der Waals surface area contributed by atoms with E-state index >= 15 is 0 Å². The Balaban J connectivity index is 3.55. The van der Waals surface area contributed by atoms with Crippen molar-refractivity contribution >= 4 is 11.9 Å². The molecule has 0 unspecified atom stereocenters. The molecule has 0 saturated heterocycles. The lowest BCUT2D eigenvalue weighted by molar-refractivity contribution is -0.147. The summed E-state index contributed by atoms with van der Waals surface area (Å²) in [4.78, 5) is 22.2. The molecule has 94 valence electrons. The summed E-state index contributed by atoms with van der Waals surface area (Å²) in [6.45, 7) is 8.55. The first-order valence-corrected chi connectivity index (χ1v) is 5.66. The standard InChI is InChI=1S/C12H22O4/c1-5-15-10(13)7-6-8-11(14)16-9-12(2,3)4/h5-9H2,1-4H3. The molecule has 0 amide bonds. The van der Waals surface area contributed by atoms with Crippen LogP contribution in [-0.2, 0) is 19.1 Å². The molecule has 0 aromatic rings. The molecule has 4 heteroatoms. The number of esters is 2. The SMILES string of the molecule is CCOC(=O)CCCC(=O)OCC(C)(C)C. The van der Waals surface area contributed by atoms with E-state index in [1.165, 1.54) is 0 Å². The number of ether oxygens (including phenoxy) is 2. The van der Waals surface area contributed by atoms with Crippen molar-refractivity contribution in [3.8, 4) is 0 Å². The molecule has 0 bridgehead atoms. The summed E-state index contributed by atoms with van der Waals surface area (Å²) in [5.74, 6) is -0.509. The van der Waals surface area contributed by atoms with Crippen LogP contribution >= 0.6 is 0 Å². The van der Waals surface area contributed by atoms with Crippen LogP contribution in [0.25, 0.3) is 0 Å². The minimum absolute atomic E-state index is 0.0171. The summed E-state index contributed by atoms with van der Waals surface area (Å²) in [7, 11) is 0. The van der Waals surface area contributed by atoms with E-state index in [1.807, 2.05) is 20.8 Å². The molecule has 0 aromatic carbocycles. The molecular weight excluding hydrogens is 208 g/mol. The van der Waals surface area contributed by atoms with E-state index in [0.717, 1.165) is 0 Å². The minimum atomic E-state index is -0.258. The highest BCUT2D eigenvalue weighted by molar-refractivity contribution is 5.72. The van der Waals surface area contributed by atoms with E-state index in [-0.39, 0.29) is 30.2 Å². The first-order valence-electron chi connectivity index (χ1n) is 5.66. The zero-order valence-electron chi connectivity index (χ0n) is 10.7. The average molecular weight is 230 g/mol. The smallest absolute Gasteiger partial charge is 0.305 e. The van der Waals surface area contributed by atoms with Gasteiger partial charge in [-0.1, -0.05) is 20.8 Å². The monoisotopic (exact) mass is 230 g/mol. The highest BCUT2D eigenvalue weighted by atomic mass is 16.5. The van der Waals surface area contributed by atoms with Crippen molar-refractivity contribution in [2.75, 3.05) is 13.2 Å². The molecule has 0 spiro atoms. The van der Waals surface area contributed by atoms with E-state index in [0.29, 0.717) is 19.6 Å². The highest BCUT2D eigenvalue weighted by Gasteiger charge is 2.13. The molecule has 0 aliphatic rings. The third-order valence-corrected chi connectivity index (χ3v) is 1.73. The van der Waals surface area contributed by atoms with Crippen molar-refractivity contribution in [2.24, 2.45) is 5.41 Å². The molecule has 0 radical (unpaired) electrons. The van der Waals surface area contributed by atoms with Gasteiger partial charge in [0.1, 0.15) is 0 Å². The maximum Gasteiger partial charge on any atom is 0.305 e. The molecule has 16 heavy (non-hydrogen) atoms. The summed E-state index contributed by atoms with van der Waals surface area (Å²) in [5.41, 5.74) is -0.0171. The molecule has 0 aliphatic heterocycles. The maximum absolute atomic E-state index is 11.3. The van der Waals surface area contributed by atoms with Crippen LogP contribution in [0.2, 0.25) is 0 Å². The van der Waals surface area contributed by atoms with Crippen LogP contribution in [0.15, 0.2) is 0 Å². The molecule has 0 atom stereocenters. The number of carbonyl (C=O) groups is 2. The predicted molar refractivity (Wildman–Crippen MR) is 60.9 cm³/mol. The third kappa shape index (κ3) is 9.49. The molecule has 0 N–H and O–H groups in total. The number of carbonyl (C=O) groups excluding carboxylic acids is 2. The zero-order chi connectivity index (χ0) is 12.6. The number of rotatable bonds is 6. The molecular formula is C12H22O4. The quantitative estimate of drug-likeness (QED) is 0.657. The van der Waals surface area contributed by atoms with Crippen LogP contribution in [0.5, 0.6) is 0 Å². The molecule has 0 rings (SSSR count). The van der Waals surface area contributed by atoms with Crippen molar-refractivity contribution in [2.45, 2.75) is 47.0 Å². The molecule has 0 heterocycles. The summed E-state index contributed by atoms with van der Waals surface area (Å²) < 4.78 is 9.80. The Labute approximate surface area is 97.3 Å². The minimum Gasteiger partial charge on any atom is -0.466 e. The van der Waals surface area contributed by atoms with Crippen LogP contribution in [0.4, 0.5) is 0 Å². The topological polar surface area (TPSA) is 52.6 Å². The van der Waals surface area contributed by atoms with Crippen molar-refractivity contribution in [3.05, 3.63) is 0 Å².